The van der Waals surface area contributed by atoms with Gasteiger partial charge in [-0.25, -0.2) is 0 Å². The van der Waals surface area contributed by atoms with Crippen molar-refractivity contribution >= 4 is 5.97 Å². The van der Waals surface area contributed by atoms with Gasteiger partial charge >= 0.3 is 5.97 Å². The molecule has 2 atom stereocenters. The Labute approximate surface area is 119 Å². The van der Waals surface area contributed by atoms with Gasteiger partial charge in [-0.05, 0) is 12.6 Å². The van der Waals surface area contributed by atoms with Crippen molar-refractivity contribution in [3.05, 3.63) is 35.9 Å². The zero-order chi connectivity index (χ0) is 14.4. The molecule has 2 rings (SSSR count). The summed E-state index contributed by atoms with van der Waals surface area (Å²) in [7, 11) is 1.90. The molecule has 5 nitrogen and oxygen atoms in total. The highest BCUT2D eigenvalue weighted by Gasteiger charge is 2.26. The Morgan fingerprint density at radius 2 is 2.25 bits per heavy atom. The molecule has 1 fully saturated rings. The van der Waals surface area contributed by atoms with Crippen LogP contribution in [0.5, 0.6) is 0 Å². The third kappa shape index (κ3) is 4.03. The molecule has 1 aliphatic rings. The molecular formula is C15H22N2O3. The van der Waals surface area contributed by atoms with Gasteiger partial charge in [-0.15, -0.1) is 0 Å². The molecule has 0 spiro atoms. The average Bonchev–Trinajstić information content (AvgIpc) is 2.46. The maximum Gasteiger partial charge on any atom is 0.312 e. The van der Waals surface area contributed by atoms with Crippen molar-refractivity contribution in [2.45, 2.75) is 12.0 Å². The highest BCUT2D eigenvalue weighted by atomic mass is 16.5. The predicted molar refractivity (Wildman–Crippen MR) is 76.9 cm³/mol. The molecule has 1 aliphatic heterocycles. The van der Waals surface area contributed by atoms with Crippen molar-refractivity contribution in [2.24, 2.45) is 0 Å². The monoisotopic (exact) mass is 278 g/mol. The molecule has 0 bridgehead atoms. The largest absolute Gasteiger partial charge is 0.481 e. The van der Waals surface area contributed by atoms with Crippen molar-refractivity contribution in [2.75, 3.05) is 39.8 Å². The summed E-state index contributed by atoms with van der Waals surface area (Å²) < 4.78 is 5.64. The lowest BCUT2D eigenvalue weighted by molar-refractivity contribution is -0.139. The fourth-order valence-electron chi connectivity index (χ4n) is 2.57. The first kappa shape index (κ1) is 15.0. The Balaban J connectivity index is 2.00. The number of carboxylic acid groups (broad SMARTS) is 1. The molecule has 1 aromatic rings. The number of nitrogens with one attached hydrogen (secondary N) is 1. The highest BCUT2D eigenvalue weighted by Crippen LogP contribution is 2.19. The second-order valence-electron chi connectivity index (χ2n) is 5.11. The van der Waals surface area contributed by atoms with Crippen LogP contribution < -0.4 is 5.32 Å². The Bertz CT molecular complexity index is 422. The molecule has 0 amide bonds. The minimum atomic E-state index is -0.771. The molecule has 1 heterocycles. The van der Waals surface area contributed by atoms with Gasteiger partial charge in [-0.2, -0.15) is 0 Å². The molecule has 0 radical (unpaired) electrons. The number of hydrogen-bond acceptors (Lipinski definition) is 4. The Hall–Kier alpha value is -1.43. The van der Waals surface area contributed by atoms with E-state index in [4.69, 9.17) is 4.74 Å². The van der Waals surface area contributed by atoms with E-state index in [1.807, 2.05) is 37.4 Å². The molecular weight excluding hydrogens is 256 g/mol. The first-order chi connectivity index (χ1) is 9.70. The highest BCUT2D eigenvalue weighted by molar-refractivity contribution is 5.76. The fourth-order valence-corrected chi connectivity index (χ4v) is 2.57. The number of aliphatic carboxylic acids is 1. The van der Waals surface area contributed by atoms with E-state index >= 15 is 0 Å². The summed E-state index contributed by atoms with van der Waals surface area (Å²) in [5.74, 6) is -1.25. The first-order valence-electron chi connectivity index (χ1n) is 6.97. The van der Waals surface area contributed by atoms with Crippen LogP contribution in [0.25, 0.3) is 0 Å². The standard InChI is InChI=1S/C15H22N2O3/c1-16-9-13-10-17(7-8-20-13)11-14(15(18)19)12-5-3-2-4-6-12/h2-6,13-14,16H,7-11H2,1H3,(H,18,19). The van der Waals surface area contributed by atoms with Crippen LogP contribution in [-0.2, 0) is 9.53 Å². The summed E-state index contributed by atoms with van der Waals surface area (Å²) in [5, 5.41) is 12.6. The van der Waals surface area contributed by atoms with Crippen LogP contribution >= 0.6 is 0 Å². The van der Waals surface area contributed by atoms with E-state index in [0.29, 0.717) is 13.2 Å². The maximum absolute atomic E-state index is 11.5. The summed E-state index contributed by atoms with van der Waals surface area (Å²) in [6.07, 6.45) is 0.138. The third-order valence-electron chi connectivity index (χ3n) is 3.60. The van der Waals surface area contributed by atoms with Gasteiger partial charge in [0.25, 0.3) is 0 Å². The van der Waals surface area contributed by atoms with Crippen LogP contribution in [0.1, 0.15) is 11.5 Å². The van der Waals surface area contributed by atoms with Gasteiger partial charge in [0.1, 0.15) is 0 Å². The van der Waals surface area contributed by atoms with E-state index < -0.39 is 11.9 Å². The lowest BCUT2D eigenvalue weighted by atomic mass is 9.98. The number of nitrogens with zero attached hydrogens (tertiary/aromatic N) is 1. The number of carbonyl (C=O) groups is 1. The van der Waals surface area contributed by atoms with Gasteiger partial charge in [0.15, 0.2) is 0 Å². The van der Waals surface area contributed by atoms with E-state index in [0.717, 1.165) is 25.2 Å². The number of benzene rings is 1. The van der Waals surface area contributed by atoms with E-state index in [9.17, 15) is 9.90 Å². The molecule has 20 heavy (non-hydrogen) atoms. The topological polar surface area (TPSA) is 61.8 Å². The van der Waals surface area contributed by atoms with Crippen LogP contribution in [0.2, 0.25) is 0 Å². The van der Waals surface area contributed by atoms with Crippen LogP contribution in [0.15, 0.2) is 30.3 Å². The van der Waals surface area contributed by atoms with Gasteiger partial charge in [0.2, 0.25) is 0 Å². The van der Waals surface area contributed by atoms with Crippen molar-refractivity contribution in [3.8, 4) is 0 Å². The Kier molecular flexibility index (Phi) is 5.52. The number of rotatable bonds is 6. The molecule has 2 unspecified atom stereocenters. The summed E-state index contributed by atoms with van der Waals surface area (Å²) in [6.45, 7) is 3.55. The zero-order valence-corrected chi connectivity index (χ0v) is 11.8. The normalized spacial score (nSPS) is 21.6. The van der Waals surface area contributed by atoms with Crippen LogP contribution in [0, 0.1) is 0 Å². The molecule has 5 heteroatoms. The number of morpholine rings is 1. The second-order valence-corrected chi connectivity index (χ2v) is 5.11. The smallest absolute Gasteiger partial charge is 0.312 e. The van der Waals surface area contributed by atoms with Gasteiger partial charge in [-0.1, -0.05) is 30.3 Å². The molecule has 110 valence electrons. The van der Waals surface area contributed by atoms with E-state index in [2.05, 4.69) is 10.2 Å². The van der Waals surface area contributed by atoms with Crippen molar-refractivity contribution in [1.82, 2.24) is 10.2 Å². The minimum absolute atomic E-state index is 0.138. The van der Waals surface area contributed by atoms with Gasteiger partial charge in [-0.3, -0.25) is 9.69 Å². The van der Waals surface area contributed by atoms with Gasteiger partial charge in [0.05, 0.1) is 18.6 Å². The number of likely N-dealkylation sites (N-methyl/N-ethyl adjacent to an activating group) is 1. The quantitative estimate of drug-likeness (QED) is 0.805. The average molecular weight is 278 g/mol. The van der Waals surface area contributed by atoms with Gasteiger partial charge < -0.3 is 15.2 Å². The molecule has 0 aromatic heterocycles. The minimum Gasteiger partial charge on any atom is -0.481 e. The molecule has 2 N–H and O–H groups in total. The van der Waals surface area contributed by atoms with E-state index in [-0.39, 0.29) is 6.10 Å². The lowest BCUT2D eigenvalue weighted by Gasteiger charge is -2.34. The fraction of sp³-hybridized carbons (Fsp3) is 0.533. The van der Waals surface area contributed by atoms with Crippen LogP contribution in [-0.4, -0.2) is 61.9 Å². The number of carboxylic acids is 1. The van der Waals surface area contributed by atoms with Crippen LogP contribution in [0.4, 0.5) is 0 Å². The maximum atomic E-state index is 11.5. The second kappa shape index (κ2) is 7.38. The van der Waals surface area contributed by atoms with E-state index in [1.54, 1.807) is 0 Å². The van der Waals surface area contributed by atoms with Crippen molar-refractivity contribution in [3.63, 3.8) is 0 Å². The summed E-state index contributed by atoms with van der Waals surface area (Å²) >= 11 is 0. The summed E-state index contributed by atoms with van der Waals surface area (Å²) in [4.78, 5) is 13.7. The number of hydrogen-bond donors (Lipinski definition) is 2. The van der Waals surface area contributed by atoms with Crippen molar-refractivity contribution < 1.29 is 14.6 Å². The molecule has 1 saturated heterocycles. The molecule has 0 aliphatic carbocycles. The molecule has 1 aromatic carbocycles. The first-order valence-corrected chi connectivity index (χ1v) is 6.97. The Morgan fingerprint density at radius 1 is 1.50 bits per heavy atom. The zero-order valence-electron chi connectivity index (χ0n) is 11.8. The third-order valence-corrected chi connectivity index (χ3v) is 3.60. The summed E-state index contributed by atoms with van der Waals surface area (Å²) in [6, 6.07) is 9.43. The number of ether oxygens (including phenoxy) is 1. The Morgan fingerprint density at radius 3 is 2.90 bits per heavy atom. The van der Waals surface area contributed by atoms with Gasteiger partial charge in [0, 0.05) is 26.2 Å². The SMILES string of the molecule is CNCC1CN(CC(C(=O)O)c2ccccc2)CCO1. The van der Waals surface area contributed by atoms with E-state index in [1.165, 1.54) is 0 Å². The predicted octanol–water partition coefficient (Wildman–Crippen LogP) is 0.775. The summed E-state index contributed by atoms with van der Waals surface area (Å²) in [5.41, 5.74) is 0.858. The van der Waals surface area contributed by atoms with Crippen molar-refractivity contribution in [1.29, 1.82) is 0 Å². The lowest BCUT2D eigenvalue weighted by Crippen LogP contribution is -2.47. The molecule has 0 saturated carbocycles. The van der Waals surface area contributed by atoms with Crippen LogP contribution in [0.3, 0.4) is 0 Å².